The Morgan fingerprint density at radius 1 is 1.53 bits per heavy atom. The molecule has 2 atom stereocenters. The van der Waals surface area contributed by atoms with Crippen LogP contribution in [0.1, 0.15) is 25.6 Å². The van der Waals surface area contributed by atoms with Gasteiger partial charge in [0.15, 0.2) is 0 Å². The smallest absolute Gasteiger partial charge is 0.307 e. The predicted octanol–water partition coefficient (Wildman–Crippen LogP) is 1.45. The number of aliphatic carboxylic acids is 1. The number of rotatable bonds is 5. The van der Waals surface area contributed by atoms with Crippen LogP contribution in [0.4, 0.5) is 0 Å². The SMILES string of the molecule is CC(CN[C@@H](C)c1ccccn1)C(=O)O. The van der Waals surface area contributed by atoms with Crippen LogP contribution in [0.3, 0.4) is 0 Å². The summed E-state index contributed by atoms with van der Waals surface area (Å²) in [6, 6.07) is 5.77. The standard InChI is InChI=1S/C11H16N2O2/c1-8(11(14)15)7-13-9(2)10-5-3-4-6-12-10/h3-6,8-9,13H,7H2,1-2H3,(H,14,15)/t8?,9-/m0/s1. The van der Waals surface area contributed by atoms with Crippen molar-refractivity contribution in [3.8, 4) is 0 Å². The number of nitrogens with zero attached hydrogens (tertiary/aromatic N) is 1. The maximum absolute atomic E-state index is 10.6. The van der Waals surface area contributed by atoms with Gasteiger partial charge in [-0.3, -0.25) is 9.78 Å². The molecule has 0 fully saturated rings. The van der Waals surface area contributed by atoms with Gasteiger partial charge in [-0.05, 0) is 19.1 Å². The third kappa shape index (κ3) is 3.67. The van der Waals surface area contributed by atoms with Gasteiger partial charge in [-0.15, -0.1) is 0 Å². The monoisotopic (exact) mass is 208 g/mol. The first-order chi connectivity index (χ1) is 7.11. The molecule has 82 valence electrons. The minimum atomic E-state index is -0.782. The molecule has 2 N–H and O–H groups in total. The summed E-state index contributed by atoms with van der Waals surface area (Å²) in [6.45, 7) is 4.10. The molecule has 0 aromatic carbocycles. The normalized spacial score (nSPS) is 14.5. The minimum absolute atomic E-state index is 0.0769. The quantitative estimate of drug-likeness (QED) is 0.768. The molecule has 15 heavy (non-hydrogen) atoms. The zero-order valence-electron chi connectivity index (χ0n) is 8.97. The third-order valence-corrected chi connectivity index (χ3v) is 2.28. The molecule has 0 aliphatic heterocycles. The number of hydrogen-bond acceptors (Lipinski definition) is 3. The molecule has 0 aliphatic rings. The lowest BCUT2D eigenvalue weighted by Crippen LogP contribution is -2.28. The van der Waals surface area contributed by atoms with Gasteiger partial charge in [0.25, 0.3) is 0 Å². The zero-order valence-corrected chi connectivity index (χ0v) is 8.97. The van der Waals surface area contributed by atoms with Crippen molar-refractivity contribution in [3.05, 3.63) is 30.1 Å². The van der Waals surface area contributed by atoms with E-state index in [2.05, 4.69) is 10.3 Å². The van der Waals surface area contributed by atoms with Crippen molar-refractivity contribution in [3.63, 3.8) is 0 Å². The molecule has 1 unspecified atom stereocenters. The minimum Gasteiger partial charge on any atom is -0.481 e. The molecule has 1 heterocycles. The highest BCUT2D eigenvalue weighted by Gasteiger charge is 2.12. The van der Waals surface area contributed by atoms with E-state index in [1.54, 1.807) is 13.1 Å². The highest BCUT2D eigenvalue weighted by molar-refractivity contribution is 5.69. The zero-order chi connectivity index (χ0) is 11.3. The second kappa shape index (κ2) is 5.46. The van der Waals surface area contributed by atoms with Crippen LogP contribution >= 0.6 is 0 Å². The van der Waals surface area contributed by atoms with Gasteiger partial charge in [-0.25, -0.2) is 0 Å². The van der Waals surface area contributed by atoms with E-state index < -0.39 is 5.97 Å². The summed E-state index contributed by atoms with van der Waals surface area (Å²) < 4.78 is 0. The maximum Gasteiger partial charge on any atom is 0.307 e. The Hall–Kier alpha value is -1.42. The Morgan fingerprint density at radius 3 is 2.80 bits per heavy atom. The fourth-order valence-electron chi connectivity index (χ4n) is 1.18. The van der Waals surface area contributed by atoms with E-state index in [4.69, 9.17) is 5.11 Å². The summed E-state index contributed by atoms with van der Waals surface area (Å²) in [6.07, 6.45) is 1.73. The molecule has 0 bridgehead atoms. The van der Waals surface area contributed by atoms with E-state index in [1.165, 1.54) is 0 Å². The van der Waals surface area contributed by atoms with Crippen LogP contribution < -0.4 is 5.32 Å². The largest absolute Gasteiger partial charge is 0.481 e. The van der Waals surface area contributed by atoms with Gasteiger partial charge in [0, 0.05) is 18.8 Å². The van der Waals surface area contributed by atoms with Crippen LogP contribution in [0.25, 0.3) is 0 Å². The summed E-state index contributed by atoms with van der Waals surface area (Å²) in [4.78, 5) is 14.8. The van der Waals surface area contributed by atoms with Crippen LogP contribution in [-0.2, 0) is 4.79 Å². The highest BCUT2D eigenvalue weighted by atomic mass is 16.4. The van der Waals surface area contributed by atoms with Crippen molar-refractivity contribution < 1.29 is 9.90 Å². The number of carboxylic acid groups (broad SMARTS) is 1. The number of carboxylic acids is 1. The number of hydrogen-bond donors (Lipinski definition) is 2. The van der Waals surface area contributed by atoms with E-state index in [9.17, 15) is 4.79 Å². The lowest BCUT2D eigenvalue weighted by Gasteiger charge is -2.14. The van der Waals surface area contributed by atoms with Crippen molar-refractivity contribution >= 4 is 5.97 Å². The van der Waals surface area contributed by atoms with Gasteiger partial charge in [0.2, 0.25) is 0 Å². The summed E-state index contributed by atoms with van der Waals surface area (Å²) in [5, 5.41) is 11.8. The first kappa shape index (κ1) is 11.7. The van der Waals surface area contributed by atoms with Gasteiger partial charge in [-0.1, -0.05) is 13.0 Å². The molecule has 1 aromatic rings. The molecule has 0 spiro atoms. The average molecular weight is 208 g/mol. The fourth-order valence-corrected chi connectivity index (χ4v) is 1.18. The Labute approximate surface area is 89.3 Å². The molecule has 0 saturated carbocycles. The van der Waals surface area contributed by atoms with Crippen LogP contribution in [0.15, 0.2) is 24.4 Å². The van der Waals surface area contributed by atoms with Crippen LogP contribution in [-0.4, -0.2) is 22.6 Å². The number of pyridine rings is 1. The summed E-state index contributed by atoms with van der Waals surface area (Å²) in [5.41, 5.74) is 0.926. The highest BCUT2D eigenvalue weighted by Crippen LogP contribution is 2.08. The third-order valence-electron chi connectivity index (χ3n) is 2.28. The summed E-state index contributed by atoms with van der Waals surface area (Å²) in [7, 11) is 0. The number of carbonyl (C=O) groups is 1. The molecule has 4 heteroatoms. The summed E-state index contributed by atoms with van der Waals surface area (Å²) >= 11 is 0. The van der Waals surface area contributed by atoms with Crippen molar-refractivity contribution in [1.29, 1.82) is 0 Å². The van der Waals surface area contributed by atoms with Crippen LogP contribution in [0, 0.1) is 5.92 Å². The summed E-state index contributed by atoms with van der Waals surface area (Å²) in [5.74, 6) is -1.16. The molecule has 0 amide bonds. The maximum atomic E-state index is 10.6. The second-order valence-electron chi connectivity index (χ2n) is 3.62. The second-order valence-corrected chi connectivity index (χ2v) is 3.62. The van der Waals surface area contributed by atoms with Crippen LogP contribution in [0.5, 0.6) is 0 Å². The Morgan fingerprint density at radius 2 is 2.27 bits per heavy atom. The Bertz CT molecular complexity index is 314. The first-order valence-corrected chi connectivity index (χ1v) is 4.98. The predicted molar refractivity (Wildman–Crippen MR) is 57.5 cm³/mol. The molecule has 4 nitrogen and oxygen atoms in total. The van der Waals surface area contributed by atoms with Gasteiger partial charge in [-0.2, -0.15) is 0 Å². The lowest BCUT2D eigenvalue weighted by molar-refractivity contribution is -0.140. The van der Waals surface area contributed by atoms with Crippen molar-refractivity contribution in [2.24, 2.45) is 5.92 Å². The first-order valence-electron chi connectivity index (χ1n) is 4.98. The van der Waals surface area contributed by atoms with E-state index >= 15 is 0 Å². The molecule has 0 radical (unpaired) electrons. The van der Waals surface area contributed by atoms with Crippen molar-refractivity contribution in [2.45, 2.75) is 19.9 Å². The van der Waals surface area contributed by atoms with E-state index in [0.717, 1.165) is 5.69 Å². The molecule has 1 rings (SSSR count). The van der Waals surface area contributed by atoms with Gasteiger partial charge in [0.1, 0.15) is 0 Å². The molecule has 0 aliphatic carbocycles. The van der Waals surface area contributed by atoms with Crippen molar-refractivity contribution in [1.82, 2.24) is 10.3 Å². The average Bonchev–Trinajstić information content (AvgIpc) is 2.26. The Balaban J connectivity index is 2.43. The lowest BCUT2D eigenvalue weighted by atomic mass is 10.1. The van der Waals surface area contributed by atoms with Gasteiger partial charge >= 0.3 is 5.97 Å². The molecular weight excluding hydrogens is 192 g/mol. The number of nitrogens with one attached hydrogen (secondary N) is 1. The van der Waals surface area contributed by atoms with Gasteiger partial charge < -0.3 is 10.4 Å². The molecule has 1 aromatic heterocycles. The van der Waals surface area contributed by atoms with Gasteiger partial charge in [0.05, 0.1) is 11.6 Å². The van der Waals surface area contributed by atoms with E-state index in [1.807, 2.05) is 25.1 Å². The topological polar surface area (TPSA) is 62.2 Å². The van der Waals surface area contributed by atoms with E-state index in [-0.39, 0.29) is 12.0 Å². The fraction of sp³-hybridized carbons (Fsp3) is 0.455. The Kier molecular flexibility index (Phi) is 4.24. The molecule has 0 saturated heterocycles. The van der Waals surface area contributed by atoms with Crippen LogP contribution in [0.2, 0.25) is 0 Å². The number of aromatic nitrogens is 1. The van der Waals surface area contributed by atoms with Crippen molar-refractivity contribution in [2.75, 3.05) is 6.54 Å². The molecular formula is C11H16N2O2. The van der Waals surface area contributed by atoms with E-state index in [0.29, 0.717) is 6.54 Å².